The van der Waals surface area contributed by atoms with E-state index in [2.05, 4.69) is 61.5 Å². The molecule has 5 rings (SSSR count). The summed E-state index contributed by atoms with van der Waals surface area (Å²) < 4.78 is 13.2. The molecule has 2 aromatic heterocycles. The molecule has 1 unspecified atom stereocenters. The first kappa shape index (κ1) is 21.4. The zero-order valence-electron chi connectivity index (χ0n) is 18.9. The molecular formula is C26H29N5O2. The predicted octanol–water partition coefficient (Wildman–Crippen LogP) is 5.18. The van der Waals surface area contributed by atoms with Crippen molar-refractivity contribution in [3.63, 3.8) is 0 Å². The summed E-state index contributed by atoms with van der Waals surface area (Å²) in [6.45, 7) is 1.37. The summed E-state index contributed by atoms with van der Waals surface area (Å²) in [5, 5.41) is 13.1. The summed E-state index contributed by atoms with van der Waals surface area (Å²) in [6, 6.07) is 22.9. The van der Waals surface area contributed by atoms with Crippen LogP contribution < -0.4 is 4.74 Å². The number of furan rings is 1. The molecule has 0 bridgehead atoms. The van der Waals surface area contributed by atoms with Crippen molar-refractivity contribution >= 4 is 0 Å². The van der Waals surface area contributed by atoms with Gasteiger partial charge in [-0.05, 0) is 58.7 Å². The molecule has 2 heterocycles. The Bertz CT molecular complexity index is 1120. The van der Waals surface area contributed by atoms with E-state index in [9.17, 15) is 0 Å². The summed E-state index contributed by atoms with van der Waals surface area (Å²) in [6.07, 6.45) is 6.39. The molecule has 170 valence electrons. The van der Waals surface area contributed by atoms with Crippen molar-refractivity contribution in [1.29, 1.82) is 0 Å². The number of hydrogen-bond donors (Lipinski definition) is 0. The van der Waals surface area contributed by atoms with Crippen LogP contribution in [0, 0.1) is 0 Å². The van der Waals surface area contributed by atoms with Crippen LogP contribution in [0.25, 0.3) is 0 Å². The van der Waals surface area contributed by atoms with Crippen LogP contribution in [0.2, 0.25) is 0 Å². The molecule has 2 aromatic carbocycles. The topological polar surface area (TPSA) is 69.2 Å². The molecule has 0 amide bonds. The fourth-order valence-corrected chi connectivity index (χ4v) is 4.76. The molecule has 0 spiro atoms. The van der Waals surface area contributed by atoms with Gasteiger partial charge in [-0.2, -0.15) is 0 Å². The van der Waals surface area contributed by atoms with Crippen LogP contribution in [-0.4, -0.2) is 32.2 Å². The third kappa shape index (κ3) is 4.83. The molecule has 7 nitrogen and oxygen atoms in total. The number of rotatable bonds is 9. The number of benzene rings is 2. The summed E-state index contributed by atoms with van der Waals surface area (Å²) >= 11 is 0. The third-order valence-corrected chi connectivity index (χ3v) is 6.40. The number of methoxy groups -OCH3 is 1. The molecule has 0 N–H and O–H groups in total. The lowest BCUT2D eigenvalue weighted by Gasteiger charge is -2.31. The van der Waals surface area contributed by atoms with E-state index in [4.69, 9.17) is 9.15 Å². The van der Waals surface area contributed by atoms with Crippen molar-refractivity contribution in [3.8, 4) is 5.75 Å². The highest BCUT2D eigenvalue weighted by Crippen LogP contribution is 2.36. The number of aromatic nitrogens is 4. The van der Waals surface area contributed by atoms with E-state index in [1.54, 1.807) is 13.4 Å². The standard InChI is InChI=1S/C26H29N5O2/c1-32-23-15-13-21(14-16-23)25(26-27-28-29-31(26)22-10-5-6-11-22)30(19-24-12-7-17-33-24)18-20-8-3-2-4-9-20/h2-4,7-9,12-17,22,25H,5-6,10-11,18-19H2,1H3. The summed E-state index contributed by atoms with van der Waals surface area (Å²) in [5.74, 6) is 2.60. The van der Waals surface area contributed by atoms with Crippen LogP contribution in [0.15, 0.2) is 77.4 Å². The maximum absolute atomic E-state index is 5.75. The molecule has 1 aliphatic rings. The lowest BCUT2D eigenvalue weighted by Crippen LogP contribution is -2.31. The number of ether oxygens (including phenoxy) is 1. The third-order valence-electron chi connectivity index (χ3n) is 6.40. The van der Waals surface area contributed by atoms with Crippen LogP contribution in [-0.2, 0) is 13.1 Å². The second-order valence-corrected chi connectivity index (χ2v) is 8.57. The van der Waals surface area contributed by atoms with Crippen molar-refractivity contribution in [2.75, 3.05) is 7.11 Å². The highest BCUT2D eigenvalue weighted by molar-refractivity contribution is 5.32. The molecule has 4 aromatic rings. The van der Waals surface area contributed by atoms with Gasteiger partial charge in [0.05, 0.1) is 32.0 Å². The fraction of sp³-hybridized carbons (Fsp3) is 0.346. The first-order valence-electron chi connectivity index (χ1n) is 11.5. The number of tetrazole rings is 1. The molecular weight excluding hydrogens is 414 g/mol. The first-order chi connectivity index (χ1) is 16.3. The number of nitrogens with zero attached hydrogens (tertiary/aromatic N) is 5. The van der Waals surface area contributed by atoms with Gasteiger partial charge in [0, 0.05) is 6.54 Å². The largest absolute Gasteiger partial charge is 0.497 e. The second-order valence-electron chi connectivity index (χ2n) is 8.57. The zero-order valence-corrected chi connectivity index (χ0v) is 18.9. The second kappa shape index (κ2) is 10.0. The summed E-state index contributed by atoms with van der Waals surface area (Å²) in [4.78, 5) is 2.38. The molecule has 7 heteroatoms. The Hall–Kier alpha value is -3.45. The smallest absolute Gasteiger partial charge is 0.173 e. The predicted molar refractivity (Wildman–Crippen MR) is 125 cm³/mol. The maximum Gasteiger partial charge on any atom is 0.173 e. The minimum Gasteiger partial charge on any atom is -0.497 e. The SMILES string of the molecule is COc1ccc(C(c2nnnn2C2CCCC2)N(Cc2ccccc2)Cc2ccco2)cc1. The molecule has 1 saturated carbocycles. The molecule has 0 radical (unpaired) electrons. The molecule has 0 aliphatic heterocycles. The number of hydrogen-bond acceptors (Lipinski definition) is 6. The highest BCUT2D eigenvalue weighted by atomic mass is 16.5. The van der Waals surface area contributed by atoms with E-state index < -0.39 is 0 Å². The Balaban J connectivity index is 1.59. The van der Waals surface area contributed by atoms with E-state index in [1.807, 2.05) is 30.3 Å². The Morgan fingerprint density at radius 3 is 2.48 bits per heavy atom. The Morgan fingerprint density at radius 1 is 1.00 bits per heavy atom. The van der Waals surface area contributed by atoms with Crippen molar-refractivity contribution in [2.24, 2.45) is 0 Å². The van der Waals surface area contributed by atoms with Gasteiger partial charge in [-0.25, -0.2) is 4.68 Å². The van der Waals surface area contributed by atoms with Crippen molar-refractivity contribution < 1.29 is 9.15 Å². The van der Waals surface area contributed by atoms with Crippen molar-refractivity contribution in [2.45, 2.75) is 50.9 Å². The van der Waals surface area contributed by atoms with E-state index in [1.165, 1.54) is 18.4 Å². The van der Waals surface area contributed by atoms with Gasteiger partial charge in [0.1, 0.15) is 11.5 Å². The minimum absolute atomic E-state index is 0.142. The molecule has 1 atom stereocenters. The van der Waals surface area contributed by atoms with Crippen molar-refractivity contribution in [1.82, 2.24) is 25.1 Å². The molecule has 33 heavy (non-hydrogen) atoms. The molecule has 1 aliphatic carbocycles. The van der Waals surface area contributed by atoms with Gasteiger partial charge in [-0.1, -0.05) is 55.3 Å². The Kier molecular flexibility index (Phi) is 6.48. The average molecular weight is 444 g/mol. The highest BCUT2D eigenvalue weighted by Gasteiger charge is 2.32. The lowest BCUT2D eigenvalue weighted by atomic mass is 10.0. The summed E-state index contributed by atoms with van der Waals surface area (Å²) in [5.41, 5.74) is 2.34. The van der Waals surface area contributed by atoms with Gasteiger partial charge in [0.2, 0.25) is 0 Å². The van der Waals surface area contributed by atoms with E-state index in [0.717, 1.165) is 42.3 Å². The summed E-state index contributed by atoms with van der Waals surface area (Å²) in [7, 11) is 1.69. The van der Waals surface area contributed by atoms with Gasteiger partial charge < -0.3 is 9.15 Å². The normalized spacial score (nSPS) is 15.2. The van der Waals surface area contributed by atoms with Crippen molar-refractivity contribution in [3.05, 3.63) is 95.7 Å². The van der Waals surface area contributed by atoms with Crippen LogP contribution >= 0.6 is 0 Å². The van der Waals surface area contributed by atoms with Crippen LogP contribution in [0.4, 0.5) is 0 Å². The molecule has 1 fully saturated rings. The van der Waals surface area contributed by atoms with Crippen LogP contribution in [0.1, 0.15) is 60.5 Å². The fourth-order valence-electron chi connectivity index (χ4n) is 4.76. The van der Waals surface area contributed by atoms with Crippen LogP contribution in [0.3, 0.4) is 0 Å². The van der Waals surface area contributed by atoms with E-state index in [0.29, 0.717) is 12.6 Å². The Morgan fingerprint density at radius 2 is 1.79 bits per heavy atom. The maximum atomic E-state index is 5.75. The van der Waals surface area contributed by atoms with E-state index >= 15 is 0 Å². The zero-order chi connectivity index (χ0) is 22.5. The van der Waals surface area contributed by atoms with Gasteiger partial charge in [-0.3, -0.25) is 4.90 Å². The van der Waals surface area contributed by atoms with Gasteiger partial charge in [0.15, 0.2) is 5.82 Å². The quantitative estimate of drug-likeness (QED) is 0.355. The van der Waals surface area contributed by atoms with Gasteiger partial charge in [0.25, 0.3) is 0 Å². The van der Waals surface area contributed by atoms with Gasteiger partial charge >= 0.3 is 0 Å². The van der Waals surface area contributed by atoms with Gasteiger partial charge in [-0.15, -0.1) is 5.10 Å². The first-order valence-corrected chi connectivity index (χ1v) is 11.5. The van der Waals surface area contributed by atoms with Crippen LogP contribution in [0.5, 0.6) is 5.75 Å². The lowest BCUT2D eigenvalue weighted by molar-refractivity contribution is 0.177. The Labute approximate surface area is 194 Å². The minimum atomic E-state index is -0.142. The van der Waals surface area contributed by atoms with E-state index in [-0.39, 0.29) is 6.04 Å². The monoisotopic (exact) mass is 443 g/mol. The average Bonchev–Trinajstić information content (AvgIpc) is 3.63. The molecule has 0 saturated heterocycles.